The molecule has 2 aliphatic carbocycles. The number of piperazine rings is 1. The van der Waals surface area contributed by atoms with Crippen molar-refractivity contribution in [2.75, 3.05) is 13.1 Å². The van der Waals surface area contributed by atoms with Crippen molar-refractivity contribution in [1.29, 1.82) is 0 Å². The van der Waals surface area contributed by atoms with E-state index in [9.17, 15) is 14.4 Å². The van der Waals surface area contributed by atoms with E-state index in [4.69, 9.17) is 5.11 Å². The quantitative estimate of drug-likeness (QED) is 0.742. The van der Waals surface area contributed by atoms with Gasteiger partial charge in [0.2, 0.25) is 11.8 Å². The molecule has 2 amide bonds. The molecule has 3 fully saturated rings. The second-order valence-electron chi connectivity index (χ2n) is 5.72. The van der Waals surface area contributed by atoms with Gasteiger partial charge < -0.3 is 15.3 Å². The van der Waals surface area contributed by atoms with Crippen LogP contribution in [0, 0.1) is 17.8 Å². The van der Waals surface area contributed by atoms with Gasteiger partial charge in [0, 0.05) is 19.0 Å². The van der Waals surface area contributed by atoms with E-state index in [2.05, 4.69) is 5.32 Å². The van der Waals surface area contributed by atoms with Gasteiger partial charge in [0.15, 0.2) is 0 Å². The first kappa shape index (κ1) is 12.4. The first-order valence-corrected chi connectivity index (χ1v) is 6.89. The van der Waals surface area contributed by atoms with Crippen LogP contribution < -0.4 is 5.32 Å². The van der Waals surface area contributed by atoms with Crippen molar-refractivity contribution >= 4 is 17.8 Å². The molecule has 6 heteroatoms. The number of nitrogens with one attached hydrogen (secondary N) is 1. The van der Waals surface area contributed by atoms with Gasteiger partial charge in [-0.25, -0.2) is 0 Å². The zero-order chi connectivity index (χ0) is 13.6. The Labute approximate surface area is 111 Å². The summed E-state index contributed by atoms with van der Waals surface area (Å²) in [5, 5.41) is 11.5. The SMILES string of the molecule is O=C(O)CC1C(=O)NCCN1C(=O)C1C2CCCC21. The fraction of sp³-hybridized carbons (Fsp3) is 0.769. The minimum atomic E-state index is -1.05. The van der Waals surface area contributed by atoms with E-state index in [0.717, 1.165) is 12.8 Å². The summed E-state index contributed by atoms with van der Waals surface area (Å²) in [5.74, 6) is -0.360. The molecule has 0 bridgehead atoms. The Hall–Kier alpha value is -1.59. The molecule has 0 aromatic rings. The second-order valence-corrected chi connectivity index (χ2v) is 5.72. The number of hydrogen-bond donors (Lipinski definition) is 2. The van der Waals surface area contributed by atoms with E-state index >= 15 is 0 Å². The molecule has 104 valence electrons. The molecule has 1 saturated heterocycles. The lowest BCUT2D eigenvalue weighted by Gasteiger charge is -2.34. The number of fused-ring (bicyclic) bond motifs is 1. The molecule has 0 aromatic carbocycles. The third-order valence-electron chi connectivity index (χ3n) is 4.67. The van der Waals surface area contributed by atoms with Crippen LogP contribution in [0.15, 0.2) is 0 Å². The van der Waals surface area contributed by atoms with Crippen LogP contribution in [0.2, 0.25) is 0 Å². The molecule has 19 heavy (non-hydrogen) atoms. The molecule has 1 heterocycles. The van der Waals surface area contributed by atoms with Crippen molar-refractivity contribution in [3.8, 4) is 0 Å². The van der Waals surface area contributed by atoms with Crippen molar-refractivity contribution in [3.05, 3.63) is 0 Å². The largest absolute Gasteiger partial charge is 0.481 e. The van der Waals surface area contributed by atoms with E-state index in [1.54, 1.807) is 0 Å². The lowest BCUT2D eigenvalue weighted by Crippen LogP contribution is -2.58. The van der Waals surface area contributed by atoms with Crippen molar-refractivity contribution in [3.63, 3.8) is 0 Å². The number of carboxylic acids is 1. The molecule has 0 aromatic heterocycles. The van der Waals surface area contributed by atoms with Gasteiger partial charge in [0.05, 0.1) is 6.42 Å². The average Bonchev–Trinajstić information content (AvgIpc) is 2.83. The third-order valence-corrected chi connectivity index (χ3v) is 4.67. The van der Waals surface area contributed by atoms with E-state index in [0.29, 0.717) is 24.9 Å². The summed E-state index contributed by atoms with van der Waals surface area (Å²) in [4.78, 5) is 36.6. The summed E-state index contributed by atoms with van der Waals surface area (Å²) in [6, 6.07) is -0.833. The van der Waals surface area contributed by atoms with Gasteiger partial charge in [-0.1, -0.05) is 6.42 Å². The topological polar surface area (TPSA) is 86.7 Å². The highest BCUT2D eigenvalue weighted by molar-refractivity contribution is 5.93. The van der Waals surface area contributed by atoms with Crippen LogP contribution in [0.5, 0.6) is 0 Å². The van der Waals surface area contributed by atoms with E-state index < -0.39 is 12.0 Å². The molecule has 3 aliphatic rings. The minimum absolute atomic E-state index is 0.00389. The number of nitrogens with zero attached hydrogens (tertiary/aromatic N) is 1. The Morgan fingerprint density at radius 1 is 1.32 bits per heavy atom. The van der Waals surface area contributed by atoms with Gasteiger partial charge in [0.25, 0.3) is 0 Å². The third kappa shape index (κ3) is 2.09. The van der Waals surface area contributed by atoms with Gasteiger partial charge in [0.1, 0.15) is 6.04 Å². The normalized spacial score (nSPS) is 36.6. The molecule has 6 nitrogen and oxygen atoms in total. The number of hydrogen-bond acceptors (Lipinski definition) is 3. The Balaban J connectivity index is 1.71. The Bertz CT molecular complexity index is 426. The molecule has 0 spiro atoms. The maximum atomic E-state index is 12.5. The summed E-state index contributed by atoms with van der Waals surface area (Å²) in [6.07, 6.45) is 3.09. The summed E-state index contributed by atoms with van der Waals surface area (Å²) in [6.45, 7) is 0.848. The first-order valence-electron chi connectivity index (χ1n) is 6.89. The molecule has 3 atom stereocenters. The Kier molecular flexibility index (Phi) is 2.95. The van der Waals surface area contributed by atoms with Crippen LogP contribution in [0.4, 0.5) is 0 Å². The lowest BCUT2D eigenvalue weighted by molar-refractivity contribution is -0.149. The van der Waals surface area contributed by atoms with Gasteiger partial charge in [-0.3, -0.25) is 14.4 Å². The zero-order valence-electron chi connectivity index (χ0n) is 10.7. The highest BCUT2D eigenvalue weighted by Gasteiger charge is 2.58. The second kappa shape index (κ2) is 4.51. The molecule has 1 aliphatic heterocycles. The van der Waals surface area contributed by atoms with Crippen LogP contribution in [0.3, 0.4) is 0 Å². The molecular formula is C13H18N2O4. The summed E-state index contributed by atoms with van der Waals surface area (Å²) < 4.78 is 0. The molecule has 2 N–H and O–H groups in total. The van der Waals surface area contributed by atoms with Crippen molar-refractivity contribution < 1.29 is 19.5 Å². The van der Waals surface area contributed by atoms with Crippen LogP contribution in [0.25, 0.3) is 0 Å². The van der Waals surface area contributed by atoms with Crippen molar-refractivity contribution in [1.82, 2.24) is 10.2 Å². The Morgan fingerprint density at radius 3 is 2.63 bits per heavy atom. The summed E-state index contributed by atoms with van der Waals surface area (Å²) >= 11 is 0. The van der Waals surface area contributed by atoms with Gasteiger partial charge in [-0.2, -0.15) is 0 Å². The van der Waals surface area contributed by atoms with Crippen molar-refractivity contribution in [2.45, 2.75) is 31.7 Å². The van der Waals surface area contributed by atoms with E-state index in [1.807, 2.05) is 0 Å². The highest BCUT2D eigenvalue weighted by atomic mass is 16.4. The maximum absolute atomic E-state index is 12.5. The maximum Gasteiger partial charge on any atom is 0.305 e. The van der Waals surface area contributed by atoms with E-state index in [1.165, 1.54) is 11.3 Å². The monoisotopic (exact) mass is 266 g/mol. The number of carbonyl (C=O) groups is 3. The van der Waals surface area contributed by atoms with Crippen LogP contribution in [-0.4, -0.2) is 46.9 Å². The van der Waals surface area contributed by atoms with Crippen LogP contribution in [0.1, 0.15) is 25.7 Å². The molecule has 3 rings (SSSR count). The van der Waals surface area contributed by atoms with Crippen LogP contribution in [-0.2, 0) is 14.4 Å². The molecule has 3 unspecified atom stereocenters. The lowest BCUT2D eigenvalue weighted by atomic mass is 10.1. The van der Waals surface area contributed by atoms with Crippen molar-refractivity contribution in [2.24, 2.45) is 17.8 Å². The molecule has 0 radical (unpaired) electrons. The standard InChI is InChI=1S/C13H18N2O4/c16-10(17)6-9-12(18)14-4-5-15(9)13(19)11-7-2-1-3-8(7)11/h7-9,11H,1-6H2,(H,14,18)(H,16,17). The van der Waals surface area contributed by atoms with E-state index in [-0.39, 0.29) is 24.2 Å². The number of carboxylic acid groups (broad SMARTS) is 1. The van der Waals surface area contributed by atoms with Gasteiger partial charge in [-0.15, -0.1) is 0 Å². The zero-order valence-corrected chi connectivity index (χ0v) is 10.7. The number of carbonyl (C=O) groups excluding carboxylic acids is 2. The van der Waals surface area contributed by atoms with Gasteiger partial charge in [-0.05, 0) is 24.7 Å². The van der Waals surface area contributed by atoms with Crippen LogP contribution >= 0.6 is 0 Å². The minimum Gasteiger partial charge on any atom is -0.481 e. The van der Waals surface area contributed by atoms with Gasteiger partial charge >= 0.3 is 5.97 Å². The number of rotatable bonds is 3. The fourth-order valence-corrected chi connectivity index (χ4v) is 3.73. The first-order chi connectivity index (χ1) is 9.09. The highest BCUT2D eigenvalue weighted by Crippen LogP contribution is 2.58. The molecular weight excluding hydrogens is 248 g/mol. The molecule has 2 saturated carbocycles. The predicted octanol–water partition coefficient (Wildman–Crippen LogP) is -0.166. The fourth-order valence-electron chi connectivity index (χ4n) is 3.73. The smallest absolute Gasteiger partial charge is 0.305 e. The number of aliphatic carboxylic acids is 1. The summed E-state index contributed by atoms with van der Waals surface area (Å²) in [5.41, 5.74) is 0. The average molecular weight is 266 g/mol. The Morgan fingerprint density at radius 2 is 2.00 bits per heavy atom. The summed E-state index contributed by atoms with van der Waals surface area (Å²) in [7, 11) is 0. The number of amides is 2. The predicted molar refractivity (Wildman–Crippen MR) is 65.1 cm³/mol.